The summed E-state index contributed by atoms with van der Waals surface area (Å²) < 4.78 is 44.6. The van der Waals surface area contributed by atoms with Gasteiger partial charge in [-0.3, -0.25) is 4.90 Å². The second kappa shape index (κ2) is 11.5. The first kappa shape index (κ1) is 27.5. The van der Waals surface area contributed by atoms with E-state index in [0.717, 1.165) is 10.5 Å². The Morgan fingerprint density at radius 1 is 1.08 bits per heavy atom. The fourth-order valence-electron chi connectivity index (χ4n) is 3.84. The molecule has 0 aliphatic rings. The Morgan fingerprint density at radius 2 is 1.82 bits per heavy atom. The van der Waals surface area contributed by atoms with Gasteiger partial charge >= 0.3 is 12.1 Å². The van der Waals surface area contributed by atoms with Gasteiger partial charge in [-0.15, -0.1) is 0 Å². The number of carbonyl (C=O) groups excluding carboxylic acids is 2. The average molecular weight is 539 g/mol. The first-order chi connectivity index (χ1) is 18.6. The molecule has 4 aromatic rings. The molecule has 0 fully saturated rings. The molecule has 0 unspecified atom stereocenters. The summed E-state index contributed by atoms with van der Waals surface area (Å²) in [6.45, 7) is 4.28. The number of halogens is 2. The topological polar surface area (TPSA) is 95.3 Å². The molecule has 11 heteroatoms. The quantitative estimate of drug-likeness (QED) is 0.263. The van der Waals surface area contributed by atoms with E-state index in [2.05, 4.69) is 10.1 Å². The molecule has 3 aromatic heterocycles. The third-order valence-electron chi connectivity index (χ3n) is 5.52. The predicted octanol–water partition coefficient (Wildman–Crippen LogP) is 5.77. The van der Waals surface area contributed by atoms with Crippen LogP contribution in [0.2, 0.25) is 0 Å². The van der Waals surface area contributed by atoms with Crippen molar-refractivity contribution in [3.63, 3.8) is 0 Å². The number of carbonyl (C=O) groups is 2. The minimum Gasteiger partial charge on any atom is -0.487 e. The number of alkyl halides is 2. The van der Waals surface area contributed by atoms with E-state index in [9.17, 15) is 18.4 Å². The standard InChI is InChI=1S/C28H28F2N4O5/c1-28(2,3)39-27(36)33(16-23(29)30)24-14-19(12-13-31-24)21-10-11-22(38-17-18-8-6-5-7-9-18)25-20(26(35)37-4)15-32-34(21)25/h5-15,23H,16-17H2,1-4H3. The summed E-state index contributed by atoms with van der Waals surface area (Å²) in [6.07, 6.45) is -1.01. The summed E-state index contributed by atoms with van der Waals surface area (Å²) in [4.78, 5) is 30.2. The molecule has 0 radical (unpaired) electrons. The summed E-state index contributed by atoms with van der Waals surface area (Å²) >= 11 is 0. The molecule has 204 valence electrons. The highest BCUT2D eigenvalue weighted by atomic mass is 19.3. The van der Waals surface area contributed by atoms with Gasteiger partial charge in [0.1, 0.15) is 34.9 Å². The Kier molecular flexibility index (Phi) is 8.08. The first-order valence-corrected chi connectivity index (χ1v) is 12.1. The van der Waals surface area contributed by atoms with Crippen LogP contribution in [0.15, 0.2) is 67.0 Å². The number of aromatic nitrogens is 3. The Morgan fingerprint density at radius 3 is 2.49 bits per heavy atom. The van der Waals surface area contributed by atoms with E-state index in [1.807, 2.05) is 30.3 Å². The zero-order chi connectivity index (χ0) is 28.2. The Hall–Kier alpha value is -4.54. The van der Waals surface area contributed by atoms with Gasteiger partial charge in [-0.1, -0.05) is 30.3 Å². The summed E-state index contributed by atoms with van der Waals surface area (Å²) in [7, 11) is 1.27. The summed E-state index contributed by atoms with van der Waals surface area (Å²) in [6, 6.07) is 16.0. The van der Waals surface area contributed by atoms with Gasteiger partial charge in [-0.25, -0.2) is 27.9 Å². The van der Waals surface area contributed by atoms with Crippen molar-refractivity contribution in [1.29, 1.82) is 0 Å². The van der Waals surface area contributed by atoms with Crippen molar-refractivity contribution in [2.45, 2.75) is 39.4 Å². The van der Waals surface area contributed by atoms with Crippen molar-refractivity contribution in [3.8, 4) is 17.0 Å². The summed E-state index contributed by atoms with van der Waals surface area (Å²) in [5, 5.41) is 4.38. The minimum absolute atomic E-state index is 0.0278. The number of ether oxygens (including phenoxy) is 3. The lowest BCUT2D eigenvalue weighted by atomic mass is 10.1. The van der Waals surface area contributed by atoms with Crippen LogP contribution in [0, 0.1) is 0 Å². The number of pyridine rings is 2. The molecule has 0 saturated carbocycles. The van der Waals surface area contributed by atoms with Gasteiger partial charge in [0.25, 0.3) is 6.43 Å². The number of hydrogen-bond donors (Lipinski definition) is 0. The molecule has 0 aliphatic heterocycles. The van der Waals surface area contributed by atoms with Gasteiger partial charge in [0.15, 0.2) is 0 Å². The largest absolute Gasteiger partial charge is 0.487 e. The molecular weight excluding hydrogens is 510 g/mol. The lowest BCUT2D eigenvalue weighted by Crippen LogP contribution is -2.40. The van der Waals surface area contributed by atoms with Crippen LogP contribution in [0.4, 0.5) is 19.4 Å². The molecule has 9 nitrogen and oxygen atoms in total. The normalized spacial score (nSPS) is 11.5. The van der Waals surface area contributed by atoms with Crippen LogP contribution in [-0.4, -0.2) is 52.3 Å². The number of fused-ring (bicyclic) bond motifs is 1. The SMILES string of the molecule is COC(=O)c1cnn2c(-c3ccnc(N(CC(F)F)C(=O)OC(C)(C)C)c3)ccc(OCc3ccccc3)c12. The van der Waals surface area contributed by atoms with Gasteiger partial charge in [0.05, 0.1) is 25.5 Å². The van der Waals surface area contributed by atoms with E-state index in [4.69, 9.17) is 14.2 Å². The molecular formula is C28H28F2N4O5. The number of rotatable bonds is 8. The maximum Gasteiger partial charge on any atom is 0.416 e. The molecule has 0 saturated heterocycles. The van der Waals surface area contributed by atoms with Gasteiger partial charge in [0, 0.05) is 11.8 Å². The summed E-state index contributed by atoms with van der Waals surface area (Å²) in [5.41, 5.74) is 1.59. The molecule has 4 rings (SSSR count). The maximum atomic E-state index is 13.4. The van der Waals surface area contributed by atoms with E-state index in [-0.39, 0.29) is 18.0 Å². The Balaban J connectivity index is 1.77. The van der Waals surface area contributed by atoms with Gasteiger partial charge < -0.3 is 14.2 Å². The van der Waals surface area contributed by atoms with Crippen LogP contribution in [0.3, 0.4) is 0 Å². The third-order valence-corrected chi connectivity index (χ3v) is 5.52. The zero-order valence-corrected chi connectivity index (χ0v) is 21.9. The van der Waals surface area contributed by atoms with E-state index < -0.39 is 30.6 Å². The van der Waals surface area contributed by atoms with E-state index in [0.29, 0.717) is 22.5 Å². The van der Waals surface area contributed by atoms with E-state index in [1.165, 1.54) is 30.1 Å². The molecule has 0 spiro atoms. The second-order valence-corrected chi connectivity index (χ2v) is 9.55. The highest BCUT2D eigenvalue weighted by Crippen LogP contribution is 2.32. The van der Waals surface area contributed by atoms with Gasteiger partial charge in [0.2, 0.25) is 0 Å². The van der Waals surface area contributed by atoms with E-state index in [1.54, 1.807) is 39.0 Å². The minimum atomic E-state index is -2.82. The molecule has 0 bridgehead atoms. The Bertz CT molecular complexity index is 1470. The number of methoxy groups -OCH3 is 1. The average Bonchev–Trinajstić information content (AvgIpc) is 3.35. The van der Waals surface area contributed by atoms with Crippen LogP contribution in [-0.2, 0) is 16.1 Å². The highest BCUT2D eigenvalue weighted by molar-refractivity contribution is 5.99. The number of nitrogens with zero attached hydrogens (tertiary/aromatic N) is 4. The number of esters is 1. The van der Waals surface area contributed by atoms with E-state index >= 15 is 0 Å². The number of amides is 1. The van der Waals surface area contributed by atoms with Crippen LogP contribution < -0.4 is 9.64 Å². The number of anilines is 1. The Labute approximate surface area is 223 Å². The molecule has 1 amide bonds. The van der Waals surface area contributed by atoms with Crippen molar-refractivity contribution in [1.82, 2.24) is 14.6 Å². The summed E-state index contributed by atoms with van der Waals surface area (Å²) in [5.74, 6) is -0.238. The lowest BCUT2D eigenvalue weighted by Gasteiger charge is -2.26. The monoisotopic (exact) mass is 538 g/mol. The zero-order valence-electron chi connectivity index (χ0n) is 21.9. The number of hydrogen-bond acceptors (Lipinski definition) is 7. The van der Waals surface area contributed by atoms with Gasteiger partial charge in [-0.2, -0.15) is 5.10 Å². The maximum absolute atomic E-state index is 13.4. The van der Waals surface area contributed by atoms with Crippen LogP contribution in [0.5, 0.6) is 5.75 Å². The van der Waals surface area contributed by atoms with Crippen molar-refractivity contribution in [2.75, 3.05) is 18.6 Å². The van der Waals surface area contributed by atoms with Crippen LogP contribution in [0.1, 0.15) is 36.7 Å². The molecule has 39 heavy (non-hydrogen) atoms. The van der Waals surface area contributed by atoms with Crippen molar-refractivity contribution < 1.29 is 32.6 Å². The fourth-order valence-corrected chi connectivity index (χ4v) is 3.84. The second-order valence-electron chi connectivity index (χ2n) is 9.55. The first-order valence-electron chi connectivity index (χ1n) is 12.1. The number of benzene rings is 1. The van der Waals surface area contributed by atoms with Crippen molar-refractivity contribution >= 4 is 23.4 Å². The van der Waals surface area contributed by atoms with Crippen LogP contribution >= 0.6 is 0 Å². The highest BCUT2D eigenvalue weighted by Gasteiger charge is 2.27. The lowest BCUT2D eigenvalue weighted by molar-refractivity contribution is 0.0541. The molecule has 0 N–H and O–H groups in total. The fraction of sp³-hybridized carbons (Fsp3) is 0.286. The molecule has 1 aromatic carbocycles. The van der Waals surface area contributed by atoms with Crippen molar-refractivity contribution in [2.24, 2.45) is 0 Å². The van der Waals surface area contributed by atoms with Crippen molar-refractivity contribution in [3.05, 3.63) is 78.1 Å². The smallest absolute Gasteiger partial charge is 0.416 e. The molecule has 3 heterocycles. The van der Waals surface area contributed by atoms with Crippen LogP contribution in [0.25, 0.3) is 16.8 Å². The predicted molar refractivity (Wildman–Crippen MR) is 140 cm³/mol. The molecule has 0 atom stereocenters. The third kappa shape index (κ3) is 6.49. The molecule has 0 aliphatic carbocycles. The van der Waals surface area contributed by atoms with Gasteiger partial charge in [-0.05, 0) is 50.6 Å².